The first-order valence-corrected chi connectivity index (χ1v) is 19.8. The molecule has 0 amide bonds. The van der Waals surface area contributed by atoms with Gasteiger partial charge in [-0.1, -0.05) is 98.8 Å². The molecule has 58 heavy (non-hydrogen) atoms. The lowest BCUT2D eigenvalue weighted by molar-refractivity contribution is 0.647. The molecule has 0 saturated carbocycles. The molecule has 0 N–H and O–H groups in total. The fourth-order valence-corrected chi connectivity index (χ4v) is 9.75. The van der Waals surface area contributed by atoms with Crippen LogP contribution in [0.25, 0.3) is 116 Å². The lowest BCUT2D eigenvalue weighted by Crippen LogP contribution is -2.15. The molecule has 8 aromatic carbocycles. The molecule has 5 nitrogen and oxygen atoms in total. The minimum absolute atomic E-state index is 0.223. The zero-order chi connectivity index (χ0) is 38.3. The number of para-hydroxylation sites is 3. The molecule has 0 aliphatic heterocycles. The smallest absolute Gasteiger partial charge is 0.160 e. The average molecular weight is 744 g/mol. The molecule has 12 aromatic rings. The van der Waals surface area contributed by atoms with Gasteiger partial charge in [-0.05, 0) is 101 Å². The highest BCUT2D eigenvalue weighted by Crippen LogP contribution is 2.53. The largest absolute Gasteiger partial charge is 0.456 e. The monoisotopic (exact) mass is 743 g/mol. The maximum atomic E-state index is 6.47. The quantitative estimate of drug-likeness (QED) is 0.181. The van der Waals surface area contributed by atoms with Gasteiger partial charge >= 0.3 is 0 Å². The Hall–Kier alpha value is -7.50. The van der Waals surface area contributed by atoms with Crippen LogP contribution in [0.15, 0.2) is 173 Å². The molecular weight excluding hydrogens is 711 g/mol. The van der Waals surface area contributed by atoms with Gasteiger partial charge in [-0.3, -0.25) is 0 Å². The molecule has 0 saturated heterocycles. The Morgan fingerprint density at radius 1 is 0.431 bits per heavy atom. The number of benzene rings is 8. The second-order valence-electron chi connectivity index (χ2n) is 16.2. The molecule has 0 unspecified atom stereocenters. The summed E-state index contributed by atoms with van der Waals surface area (Å²) < 4.78 is 15.3. The normalized spacial score (nSPS) is 13.5. The van der Waals surface area contributed by atoms with Crippen LogP contribution in [0, 0.1) is 0 Å². The van der Waals surface area contributed by atoms with Crippen molar-refractivity contribution in [2.45, 2.75) is 19.3 Å². The van der Waals surface area contributed by atoms with Crippen LogP contribution in [0.4, 0.5) is 0 Å². The van der Waals surface area contributed by atoms with Crippen molar-refractivity contribution in [3.05, 3.63) is 175 Å². The Bertz CT molecular complexity index is 3720. The first kappa shape index (κ1) is 31.7. The van der Waals surface area contributed by atoms with Crippen LogP contribution in [-0.4, -0.2) is 14.5 Å². The van der Waals surface area contributed by atoms with Crippen LogP contribution >= 0.6 is 0 Å². The van der Waals surface area contributed by atoms with E-state index in [0.29, 0.717) is 5.82 Å². The van der Waals surface area contributed by atoms with Gasteiger partial charge in [0.2, 0.25) is 0 Å². The van der Waals surface area contributed by atoms with Gasteiger partial charge in [0.05, 0.1) is 22.2 Å². The second-order valence-corrected chi connectivity index (χ2v) is 16.2. The molecular formula is C53H33N3O2. The van der Waals surface area contributed by atoms with Crippen molar-refractivity contribution in [2.24, 2.45) is 0 Å². The molecule has 4 aromatic heterocycles. The third-order valence-corrected chi connectivity index (χ3v) is 12.6. The van der Waals surface area contributed by atoms with Crippen LogP contribution in [0.3, 0.4) is 0 Å². The minimum atomic E-state index is -0.223. The van der Waals surface area contributed by atoms with Gasteiger partial charge in [0.15, 0.2) is 5.82 Å². The number of rotatable bonds is 3. The topological polar surface area (TPSA) is 57.0 Å². The van der Waals surface area contributed by atoms with Gasteiger partial charge in [0.1, 0.15) is 22.3 Å². The standard InChI is InChI=1S/C53H33N3O2/c1-53(2)42-28-46-38(26-36(42)37-27-41-34-15-8-11-19-47(34)58-50(41)29-43(37)53)33-14-7-10-18-45(33)56(46)32-21-23-49-40(25-32)39-24-31(20-22-48(39)57-49)52-54-44-17-9-6-16-35(44)51(55-52)30-12-4-3-5-13-30/h3-29H,1-2H3. The lowest BCUT2D eigenvalue weighted by Gasteiger charge is -2.21. The molecule has 1 aliphatic carbocycles. The van der Waals surface area contributed by atoms with Gasteiger partial charge in [0, 0.05) is 59.9 Å². The van der Waals surface area contributed by atoms with Gasteiger partial charge in [-0.25, -0.2) is 9.97 Å². The number of hydrogen-bond donors (Lipinski definition) is 0. The van der Waals surface area contributed by atoms with E-state index < -0.39 is 0 Å². The lowest BCUT2D eigenvalue weighted by atomic mass is 9.82. The predicted molar refractivity (Wildman–Crippen MR) is 237 cm³/mol. The number of nitrogens with zero attached hydrogens (tertiary/aromatic N) is 3. The SMILES string of the molecule is CC1(C)c2cc3oc4ccccc4c3cc2-c2cc3c4ccccc4n(-c4ccc5oc6ccc(-c7nc(-c8ccccc8)c8ccccc8n7)cc6c5c4)c3cc21. The van der Waals surface area contributed by atoms with E-state index in [1.165, 1.54) is 44.1 Å². The summed E-state index contributed by atoms with van der Waals surface area (Å²) in [5.74, 6) is 0.686. The molecule has 0 radical (unpaired) electrons. The first-order chi connectivity index (χ1) is 28.5. The molecule has 0 fully saturated rings. The Kier molecular flexibility index (Phi) is 6.17. The highest BCUT2D eigenvalue weighted by Gasteiger charge is 2.37. The molecule has 13 rings (SSSR count). The number of furan rings is 2. The number of hydrogen-bond acceptors (Lipinski definition) is 4. The summed E-state index contributed by atoms with van der Waals surface area (Å²) in [6.07, 6.45) is 0. The van der Waals surface area contributed by atoms with Crippen LogP contribution in [0.1, 0.15) is 25.0 Å². The third-order valence-electron chi connectivity index (χ3n) is 12.6. The Balaban J connectivity index is 1.00. The van der Waals surface area contributed by atoms with Crippen LogP contribution in [0.2, 0.25) is 0 Å². The highest BCUT2D eigenvalue weighted by atomic mass is 16.3. The second kappa shape index (κ2) is 11.3. The van der Waals surface area contributed by atoms with E-state index >= 15 is 0 Å². The summed E-state index contributed by atoms with van der Waals surface area (Å²) in [5, 5.41) is 7.88. The Labute approximate surface area is 332 Å². The van der Waals surface area contributed by atoms with E-state index in [4.69, 9.17) is 18.8 Å². The summed E-state index contributed by atoms with van der Waals surface area (Å²) in [5.41, 5.74) is 15.8. The number of fused-ring (bicyclic) bond motifs is 13. The van der Waals surface area contributed by atoms with Crippen molar-refractivity contribution in [3.8, 4) is 39.5 Å². The molecule has 5 heteroatoms. The van der Waals surface area contributed by atoms with Crippen LogP contribution < -0.4 is 0 Å². The predicted octanol–water partition coefficient (Wildman–Crippen LogP) is 14.2. The summed E-state index contributed by atoms with van der Waals surface area (Å²) in [7, 11) is 0. The molecule has 272 valence electrons. The van der Waals surface area contributed by atoms with Gasteiger partial charge < -0.3 is 13.4 Å². The fraction of sp³-hybridized carbons (Fsp3) is 0.0566. The highest BCUT2D eigenvalue weighted by molar-refractivity contribution is 6.14. The molecule has 0 bridgehead atoms. The summed E-state index contributed by atoms with van der Waals surface area (Å²) in [6.45, 7) is 4.68. The third kappa shape index (κ3) is 4.30. The van der Waals surface area contributed by atoms with E-state index in [1.807, 2.05) is 30.3 Å². The summed E-state index contributed by atoms with van der Waals surface area (Å²) >= 11 is 0. The van der Waals surface area contributed by atoms with E-state index in [2.05, 4.69) is 152 Å². The van der Waals surface area contributed by atoms with Crippen molar-refractivity contribution < 1.29 is 8.83 Å². The van der Waals surface area contributed by atoms with E-state index in [-0.39, 0.29) is 5.41 Å². The summed E-state index contributed by atoms with van der Waals surface area (Å²) in [6, 6.07) is 58.0. The van der Waals surface area contributed by atoms with Crippen LogP contribution in [-0.2, 0) is 5.41 Å². The zero-order valence-electron chi connectivity index (χ0n) is 31.7. The van der Waals surface area contributed by atoms with Crippen molar-refractivity contribution in [1.82, 2.24) is 14.5 Å². The molecule has 0 atom stereocenters. The Morgan fingerprint density at radius 2 is 1.07 bits per heavy atom. The van der Waals surface area contributed by atoms with E-state index in [9.17, 15) is 0 Å². The van der Waals surface area contributed by atoms with E-state index in [1.54, 1.807) is 0 Å². The zero-order valence-corrected chi connectivity index (χ0v) is 31.7. The van der Waals surface area contributed by atoms with Crippen molar-refractivity contribution in [3.63, 3.8) is 0 Å². The van der Waals surface area contributed by atoms with Crippen molar-refractivity contribution in [2.75, 3.05) is 0 Å². The first-order valence-electron chi connectivity index (χ1n) is 19.8. The van der Waals surface area contributed by atoms with Gasteiger partial charge in [-0.2, -0.15) is 0 Å². The maximum absolute atomic E-state index is 6.47. The molecule has 4 heterocycles. The Morgan fingerprint density at radius 3 is 1.93 bits per heavy atom. The van der Waals surface area contributed by atoms with Crippen molar-refractivity contribution in [1.29, 1.82) is 0 Å². The maximum Gasteiger partial charge on any atom is 0.160 e. The fourth-order valence-electron chi connectivity index (χ4n) is 9.75. The number of aromatic nitrogens is 3. The summed E-state index contributed by atoms with van der Waals surface area (Å²) in [4.78, 5) is 10.2. The molecule has 0 spiro atoms. The average Bonchev–Trinajstić information content (AvgIpc) is 3.98. The van der Waals surface area contributed by atoms with E-state index in [0.717, 1.165) is 77.3 Å². The molecule has 1 aliphatic rings. The van der Waals surface area contributed by atoms with Gasteiger partial charge in [0.25, 0.3) is 0 Å². The van der Waals surface area contributed by atoms with Crippen molar-refractivity contribution >= 4 is 76.6 Å². The minimum Gasteiger partial charge on any atom is -0.456 e. The van der Waals surface area contributed by atoms with Crippen LogP contribution in [0.5, 0.6) is 0 Å². The van der Waals surface area contributed by atoms with Gasteiger partial charge in [-0.15, -0.1) is 0 Å².